The van der Waals surface area contributed by atoms with E-state index in [-0.39, 0.29) is 12.1 Å². The average Bonchev–Trinajstić information content (AvgIpc) is 2.68. The zero-order valence-corrected chi connectivity index (χ0v) is 8.77. The Labute approximate surface area is 96.0 Å². The minimum Gasteiger partial charge on any atom is -0.503 e. The molecule has 0 aromatic rings. The fraction of sp³-hybridized carbons (Fsp3) is 0.333. The monoisotopic (exact) mass is 238 g/mol. The summed E-state index contributed by atoms with van der Waals surface area (Å²) in [6, 6.07) is -0.403. The number of carbonyl (C=O) groups is 3. The van der Waals surface area contributed by atoms with Gasteiger partial charge in [-0.05, 0) is 0 Å². The zero-order chi connectivity index (χ0) is 12.4. The number of rotatable bonds is 2. The van der Waals surface area contributed by atoms with Crippen LogP contribution in [0.15, 0.2) is 17.0 Å². The van der Waals surface area contributed by atoms with Crippen LogP contribution in [0, 0.1) is 0 Å². The summed E-state index contributed by atoms with van der Waals surface area (Å²) in [5, 5.41) is 12.6. The molecule has 3 N–H and O–H groups in total. The predicted octanol–water partition coefficient (Wildman–Crippen LogP) is -1.14. The summed E-state index contributed by atoms with van der Waals surface area (Å²) < 4.78 is 0. The van der Waals surface area contributed by atoms with Gasteiger partial charge in [-0.2, -0.15) is 0 Å². The van der Waals surface area contributed by atoms with Crippen molar-refractivity contribution in [2.45, 2.75) is 6.42 Å². The number of aliphatic hydroxyl groups is 1. The van der Waals surface area contributed by atoms with Crippen molar-refractivity contribution in [3.05, 3.63) is 12.0 Å². The number of nitrogens with one attached hydrogen (secondary N) is 2. The van der Waals surface area contributed by atoms with Gasteiger partial charge in [0.25, 0.3) is 5.91 Å². The van der Waals surface area contributed by atoms with E-state index in [0.717, 1.165) is 11.2 Å². The van der Waals surface area contributed by atoms with Gasteiger partial charge < -0.3 is 10.4 Å². The smallest absolute Gasteiger partial charge is 0.336 e. The lowest BCUT2D eigenvalue weighted by atomic mass is 10.1. The first-order valence-electron chi connectivity index (χ1n) is 4.93. The van der Waals surface area contributed by atoms with E-state index in [9.17, 15) is 14.4 Å². The lowest BCUT2D eigenvalue weighted by Gasteiger charge is -2.16. The standard InChI is InChI=1S/C9H10N4O4/c14-6-3-5(11-4-7(6)15)8(16)12-13-2-1-10-9(13)17/h4,15H,1-3H2,(H,10,17)(H,12,16). The highest BCUT2D eigenvalue weighted by molar-refractivity contribution is 6.43. The fourth-order valence-corrected chi connectivity index (χ4v) is 1.40. The molecule has 0 aromatic heterocycles. The van der Waals surface area contributed by atoms with Crippen LogP contribution in [0.25, 0.3) is 0 Å². The van der Waals surface area contributed by atoms with Gasteiger partial charge in [-0.3, -0.25) is 20.0 Å². The molecule has 0 aromatic carbocycles. The number of aliphatic hydroxyl groups excluding tert-OH is 1. The SMILES string of the molecule is O=C1CC(C(=O)NN2CCNC2=O)=NC=C1O. The molecule has 0 saturated carbocycles. The molecule has 2 aliphatic heterocycles. The number of allylic oxidation sites excluding steroid dienone is 1. The molecule has 8 nitrogen and oxygen atoms in total. The van der Waals surface area contributed by atoms with Gasteiger partial charge in [0.2, 0.25) is 5.78 Å². The van der Waals surface area contributed by atoms with E-state index in [2.05, 4.69) is 15.7 Å². The number of carbonyl (C=O) groups excluding carboxylic acids is 3. The van der Waals surface area contributed by atoms with Gasteiger partial charge in [0, 0.05) is 6.54 Å². The maximum Gasteiger partial charge on any atom is 0.336 e. The normalized spacial score (nSPS) is 19.6. The Morgan fingerprint density at radius 2 is 2.29 bits per heavy atom. The maximum absolute atomic E-state index is 11.6. The molecule has 90 valence electrons. The minimum absolute atomic E-state index is 0.0347. The van der Waals surface area contributed by atoms with Gasteiger partial charge >= 0.3 is 6.03 Å². The molecule has 0 unspecified atom stereocenters. The molecule has 8 heteroatoms. The molecule has 0 aliphatic carbocycles. The second kappa shape index (κ2) is 4.24. The number of amides is 3. The Balaban J connectivity index is 2.01. The number of urea groups is 1. The second-order valence-electron chi connectivity index (χ2n) is 3.51. The Hall–Kier alpha value is -2.38. The average molecular weight is 238 g/mol. The van der Waals surface area contributed by atoms with Crippen molar-refractivity contribution in [2.75, 3.05) is 13.1 Å². The first-order valence-corrected chi connectivity index (χ1v) is 4.93. The summed E-state index contributed by atoms with van der Waals surface area (Å²) >= 11 is 0. The van der Waals surface area contributed by atoms with E-state index in [1.54, 1.807) is 0 Å². The Bertz CT molecular complexity index is 454. The van der Waals surface area contributed by atoms with Crippen LogP contribution in [-0.2, 0) is 9.59 Å². The zero-order valence-electron chi connectivity index (χ0n) is 8.77. The molecule has 2 rings (SSSR count). The van der Waals surface area contributed by atoms with Crippen LogP contribution in [-0.4, -0.2) is 46.6 Å². The second-order valence-corrected chi connectivity index (χ2v) is 3.51. The summed E-state index contributed by atoms with van der Waals surface area (Å²) in [6.07, 6.45) is 0.647. The molecule has 2 aliphatic rings. The van der Waals surface area contributed by atoms with E-state index in [4.69, 9.17) is 5.11 Å². The molecule has 0 spiro atoms. The Morgan fingerprint density at radius 3 is 2.88 bits per heavy atom. The quantitative estimate of drug-likeness (QED) is 0.564. The van der Waals surface area contributed by atoms with Crippen LogP contribution >= 0.6 is 0 Å². The van der Waals surface area contributed by atoms with Crippen LogP contribution in [0.3, 0.4) is 0 Å². The van der Waals surface area contributed by atoms with E-state index in [1.807, 2.05) is 0 Å². The third-order valence-electron chi connectivity index (χ3n) is 2.31. The third kappa shape index (κ3) is 2.25. The minimum atomic E-state index is -0.626. The molecular weight excluding hydrogens is 228 g/mol. The maximum atomic E-state index is 11.6. The van der Waals surface area contributed by atoms with Crippen molar-refractivity contribution in [3.63, 3.8) is 0 Å². The predicted molar refractivity (Wildman–Crippen MR) is 56.0 cm³/mol. The lowest BCUT2D eigenvalue weighted by Crippen LogP contribution is -2.47. The number of Topliss-reactive ketones (excluding diaryl/α,β-unsaturated/α-hetero) is 1. The first-order chi connectivity index (χ1) is 8.08. The van der Waals surface area contributed by atoms with Gasteiger partial charge in [0.05, 0.1) is 19.2 Å². The molecule has 1 saturated heterocycles. The van der Waals surface area contributed by atoms with E-state index in [1.165, 1.54) is 0 Å². The van der Waals surface area contributed by atoms with Crippen LogP contribution in [0.5, 0.6) is 0 Å². The van der Waals surface area contributed by atoms with Gasteiger partial charge in [-0.1, -0.05) is 0 Å². The van der Waals surface area contributed by atoms with E-state index >= 15 is 0 Å². The third-order valence-corrected chi connectivity index (χ3v) is 2.31. The van der Waals surface area contributed by atoms with Gasteiger partial charge in [-0.15, -0.1) is 0 Å². The molecule has 17 heavy (non-hydrogen) atoms. The summed E-state index contributed by atoms with van der Waals surface area (Å²) in [4.78, 5) is 37.6. The van der Waals surface area contributed by atoms with Crippen LogP contribution in [0.1, 0.15) is 6.42 Å². The largest absolute Gasteiger partial charge is 0.503 e. The van der Waals surface area contributed by atoms with Crippen molar-refractivity contribution in [3.8, 4) is 0 Å². The van der Waals surface area contributed by atoms with E-state index in [0.29, 0.717) is 13.1 Å². The highest BCUT2D eigenvalue weighted by Gasteiger charge is 2.26. The summed E-state index contributed by atoms with van der Waals surface area (Å²) in [5.74, 6) is -1.67. The van der Waals surface area contributed by atoms with E-state index < -0.39 is 23.5 Å². The van der Waals surface area contributed by atoms with Gasteiger partial charge in [0.15, 0.2) is 5.76 Å². The number of hydrazine groups is 1. The van der Waals surface area contributed by atoms with Crippen LogP contribution in [0.2, 0.25) is 0 Å². The molecule has 3 amide bonds. The first kappa shape index (κ1) is 11.1. The van der Waals surface area contributed by atoms with Crippen molar-refractivity contribution >= 4 is 23.4 Å². The topological polar surface area (TPSA) is 111 Å². The summed E-state index contributed by atoms with van der Waals surface area (Å²) in [5.41, 5.74) is 2.29. The van der Waals surface area contributed by atoms with Crippen LogP contribution in [0.4, 0.5) is 4.79 Å². The molecular formula is C9H10N4O4. The summed E-state index contributed by atoms with van der Waals surface area (Å²) in [6.45, 7) is 0.804. The van der Waals surface area contributed by atoms with Crippen molar-refractivity contribution < 1.29 is 19.5 Å². The number of nitrogens with zero attached hydrogens (tertiary/aromatic N) is 2. The van der Waals surface area contributed by atoms with Gasteiger partial charge in [-0.25, -0.2) is 9.80 Å². The molecule has 2 heterocycles. The van der Waals surface area contributed by atoms with Gasteiger partial charge in [0.1, 0.15) is 5.71 Å². The lowest BCUT2D eigenvalue weighted by molar-refractivity contribution is -0.120. The number of hydrogen-bond acceptors (Lipinski definition) is 5. The number of hydrogen-bond donors (Lipinski definition) is 3. The Morgan fingerprint density at radius 1 is 1.53 bits per heavy atom. The van der Waals surface area contributed by atoms with Crippen molar-refractivity contribution in [1.82, 2.24) is 15.8 Å². The molecule has 0 radical (unpaired) electrons. The fourth-order valence-electron chi connectivity index (χ4n) is 1.40. The molecule has 0 atom stereocenters. The molecule has 0 bridgehead atoms. The number of aliphatic imine (C=N–C) groups is 1. The highest BCUT2D eigenvalue weighted by atomic mass is 16.3. The van der Waals surface area contributed by atoms with Crippen molar-refractivity contribution in [2.24, 2.45) is 4.99 Å². The summed E-state index contributed by atoms with van der Waals surface area (Å²) in [7, 11) is 0. The van der Waals surface area contributed by atoms with Crippen molar-refractivity contribution in [1.29, 1.82) is 0 Å². The highest BCUT2D eigenvalue weighted by Crippen LogP contribution is 2.06. The van der Waals surface area contributed by atoms with Crippen LogP contribution < -0.4 is 10.7 Å². The Kier molecular flexibility index (Phi) is 2.77. The molecule has 1 fully saturated rings. The number of ketones is 1.